The summed E-state index contributed by atoms with van der Waals surface area (Å²) in [5, 5.41) is 5.21. The number of anilines is 1. The second kappa shape index (κ2) is 9.03. The first kappa shape index (κ1) is 22.1. The molecule has 8 nitrogen and oxygen atoms in total. The number of nitrogens with one attached hydrogen (secondary N) is 2. The summed E-state index contributed by atoms with van der Waals surface area (Å²) in [4.78, 5) is 23.4. The van der Waals surface area contributed by atoms with E-state index in [1.807, 2.05) is 31.2 Å². The zero-order chi connectivity index (χ0) is 21.9. The van der Waals surface area contributed by atoms with Gasteiger partial charge in [-0.15, -0.1) is 0 Å². The molecule has 160 valence electrons. The van der Waals surface area contributed by atoms with Crippen LogP contribution in [0.4, 0.5) is 5.69 Å². The molecule has 0 aromatic heterocycles. The minimum absolute atomic E-state index is 0.0775. The predicted molar refractivity (Wildman–Crippen MR) is 113 cm³/mol. The average Bonchev–Trinajstić information content (AvgIpc) is 2.67. The molecule has 0 unspecified atom stereocenters. The number of carbonyl (C=O) groups excluding carboxylic acids is 2. The van der Waals surface area contributed by atoms with Crippen LogP contribution in [0, 0.1) is 6.92 Å². The number of rotatable bonds is 7. The molecule has 2 N–H and O–H groups in total. The fourth-order valence-electron chi connectivity index (χ4n) is 3.00. The number of carbonyl (C=O) groups is 2. The van der Waals surface area contributed by atoms with E-state index in [1.165, 1.54) is 19.2 Å². The Hall–Kier alpha value is -2.62. The maximum atomic E-state index is 12.9. The summed E-state index contributed by atoms with van der Waals surface area (Å²) in [5.41, 5.74) is 2.52. The van der Waals surface area contributed by atoms with Gasteiger partial charge in [-0.25, -0.2) is 8.42 Å². The van der Waals surface area contributed by atoms with E-state index < -0.39 is 15.9 Å². The normalized spacial score (nSPS) is 13.4. The van der Waals surface area contributed by atoms with E-state index in [0.29, 0.717) is 18.7 Å². The van der Waals surface area contributed by atoms with Crippen molar-refractivity contribution in [2.24, 2.45) is 0 Å². The van der Waals surface area contributed by atoms with Gasteiger partial charge in [0, 0.05) is 19.7 Å². The van der Waals surface area contributed by atoms with E-state index in [9.17, 15) is 18.0 Å². The molecule has 1 aliphatic heterocycles. The summed E-state index contributed by atoms with van der Waals surface area (Å²) in [7, 11) is -2.75. The molecule has 0 fully saturated rings. The van der Waals surface area contributed by atoms with Gasteiger partial charge in [0.25, 0.3) is 5.91 Å². The second-order valence-corrected chi connectivity index (χ2v) is 9.39. The number of hydrogen-bond acceptors (Lipinski definition) is 5. The molecule has 30 heavy (non-hydrogen) atoms. The van der Waals surface area contributed by atoms with E-state index in [0.717, 1.165) is 15.4 Å². The minimum atomic E-state index is -4.05. The van der Waals surface area contributed by atoms with Crippen LogP contribution >= 0.6 is 11.6 Å². The smallest absolute Gasteiger partial charge is 0.262 e. The van der Waals surface area contributed by atoms with Gasteiger partial charge in [-0.1, -0.05) is 41.4 Å². The third-order valence-corrected chi connectivity index (χ3v) is 6.81. The number of ether oxygens (including phenoxy) is 1. The molecule has 0 aliphatic carbocycles. The quantitative estimate of drug-likeness (QED) is 0.669. The highest BCUT2D eigenvalue weighted by Gasteiger charge is 2.28. The van der Waals surface area contributed by atoms with Crippen LogP contribution in [0.15, 0.2) is 41.3 Å². The molecule has 1 aliphatic rings. The molecule has 10 heteroatoms. The second-order valence-electron chi connectivity index (χ2n) is 6.97. The Labute approximate surface area is 180 Å². The number of likely N-dealkylation sites (N-methyl/N-ethyl adjacent to an activating group) is 1. The number of benzene rings is 2. The summed E-state index contributed by atoms with van der Waals surface area (Å²) < 4.78 is 32.0. The highest BCUT2D eigenvalue weighted by molar-refractivity contribution is 7.89. The lowest BCUT2D eigenvalue weighted by Gasteiger charge is -2.22. The van der Waals surface area contributed by atoms with Crippen molar-refractivity contribution in [3.05, 3.63) is 52.5 Å². The Morgan fingerprint density at radius 2 is 2.07 bits per heavy atom. The summed E-state index contributed by atoms with van der Waals surface area (Å²) in [5.74, 6) is -0.575. The molecule has 0 atom stereocenters. The van der Waals surface area contributed by atoms with Crippen molar-refractivity contribution in [3.8, 4) is 5.75 Å². The van der Waals surface area contributed by atoms with Crippen LogP contribution in [-0.4, -0.2) is 51.3 Å². The topological polar surface area (TPSA) is 105 Å². The molecule has 1 heterocycles. The highest BCUT2D eigenvalue weighted by Crippen LogP contribution is 2.36. The van der Waals surface area contributed by atoms with Gasteiger partial charge in [0.15, 0.2) is 6.61 Å². The Bertz CT molecular complexity index is 1090. The monoisotopic (exact) mass is 451 g/mol. The first-order valence-electron chi connectivity index (χ1n) is 9.21. The first-order chi connectivity index (χ1) is 14.2. The van der Waals surface area contributed by atoms with Crippen molar-refractivity contribution in [2.75, 3.05) is 32.1 Å². The van der Waals surface area contributed by atoms with Crippen molar-refractivity contribution in [3.63, 3.8) is 0 Å². The predicted octanol–water partition coefficient (Wildman–Crippen LogP) is 1.96. The fraction of sp³-hybridized carbons (Fsp3) is 0.300. The van der Waals surface area contributed by atoms with Crippen molar-refractivity contribution >= 4 is 39.1 Å². The summed E-state index contributed by atoms with van der Waals surface area (Å²) in [6.45, 7) is 1.81. The first-order valence-corrected chi connectivity index (χ1v) is 11.0. The molecule has 0 saturated heterocycles. The Morgan fingerprint density at radius 3 is 2.80 bits per heavy atom. The van der Waals surface area contributed by atoms with Gasteiger partial charge in [0.05, 0.1) is 17.3 Å². The Balaban J connectivity index is 1.63. The molecule has 2 aromatic rings. The van der Waals surface area contributed by atoms with E-state index in [2.05, 4.69) is 10.6 Å². The fourth-order valence-corrected chi connectivity index (χ4v) is 4.64. The van der Waals surface area contributed by atoms with Crippen LogP contribution in [0.3, 0.4) is 0 Å². The summed E-state index contributed by atoms with van der Waals surface area (Å²) in [6, 6.07) is 10.5. The minimum Gasteiger partial charge on any atom is -0.482 e. The maximum Gasteiger partial charge on any atom is 0.262 e. The molecular formula is C20H22ClN3O5S. The molecule has 2 aromatic carbocycles. The maximum absolute atomic E-state index is 12.9. The number of halogens is 1. The number of nitrogens with zero attached hydrogens (tertiary/aromatic N) is 1. The number of fused-ring (bicyclic) bond motifs is 1. The number of sulfonamides is 1. The van der Waals surface area contributed by atoms with Gasteiger partial charge in [0.2, 0.25) is 15.9 Å². The molecule has 0 saturated carbocycles. The lowest BCUT2D eigenvalue weighted by atomic mass is 10.1. The van der Waals surface area contributed by atoms with Crippen LogP contribution in [0.5, 0.6) is 5.75 Å². The lowest BCUT2D eigenvalue weighted by Crippen LogP contribution is -2.39. The highest BCUT2D eigenvalue weighted by atomic mass is 35.5. The number of aryl methyl sites for hydroxylation is 1. The zero-order valence-corrected chi connectivity index (χ0v) is 18.1. The summed E-state index contributed by atoms with van der Waals surface area (Å²) in [6.07, 6.45) is 0.642. The van der Waals surface area contributed by atoms with Crippen molar-refractivity contribution in [1.29, 1.82) is 0 Å². The van der Waals surface area contributed by atoms with Crippen LogP contribution in [0.2, 0.25) is 5.02 Å². The zero-order valence-electron chi connectivity index (χ0n) is 16.6. The molecule has 2 amide bonds. The van der Waals surface area contributed by atoms with Crippen molar-refractivity contribution in [2.45, 2.75) is 18.2 Å². The third kappa shape index (κ3) is 5.10. The van der Waals surface area contributed by atoms with Gasteiger partial charge in [-0.3, -0.25) is 9.59 Å². The Kier molecular flexibility index (Phi) is 6.64. The van der Waals surface area contributed by atoms with E-state index in [1.54, 1.807) is 0 Å². The molecule has 3 rings (SSSR count). The number of hydrogen-bond donors (Lipinski definition) is 2. The SMILES string of the molecule is Cc1cccc(CCNC(=O)CN(C)S(=O)(=O)c2cc3c(cc2Cl)NC(=O)CO3)c1. The summed E-state index contributed by atoms with van der Waals surface area (Å²) >= 11 is 6.12. The van der Waals surface area contributed by atoms with Crippen LogP contribution < -0.4 is 15.4 Å². The third-order valence-electron chi connectivity index (χ3n) is 4.54. The van der Waals surface area contributed by atoms with Gasteiger partial charge in [-0.05, 0) is 25.0 Å². The standard InChI is InChI=1S/C20H22ClN3O5S/c1-13-4-3-5-14(8-13)6-7-22-19(25)11-24(2)30(27,28)18-10-17-16(9-15(18)21)23-20(26)12-29-17/h3-5,8-10H,6-7,11-12H2,1-2H3,(H,22,25)(H,23,26). The lowest BCUT2D eigenvalue weighted by molar-refractivity contribution is -0.121. The largest absolute Gasteiger partial charge is 0.482 e. The molecule has 0 spiro atoms. The molecule has 0 bridgehead atoms. The van der Waals surface area contributed by atoms with Gasteiger partial charge < -0.3 is 15.4 Å². The van der Waals surface area contributed by atoms with Crippen LogP contribution in [0.1, 0.15) is 11.1 Å². The number of amides is 2. The van der Waals surface area contributed by atoms with Gasteiger partial charge >= 0.3 is 0 Å². The van der Waals surface area contributed by atoms with Gasteiger partial charge in [0.1, 0.15) is 10.6 Å². The van der Waals surface area contributed by atoms with E-state index in [4.69, 9.17) is 16.3 Å². The molecular weight excluding hydrogens is 430 g/mol. The Morgan fingerprint density at radius 1 is 1.30 bits per heavy atom. The molecule has 0 radical (unpaired) electrons. The van der Waals surface area contributed by atoms with Crippen molar-refractivity contribution < 1.29 is 22.7 Å². The average molecular weight is 452 g/mol. The van der Waals surface area contributed by atoms with Gasteiger partial charge in [-0.2, -0.15) is 4.31 Å². The van der Waals surface area contributed by atoms with Crippen LogP contribution in [0.25, 0.3) is 0 Å². The van der Waals surface area contributed by atoms with Crippen molar-refractivity contribution in [1.82, 2.24) is 9.62 Å². The van der Waals surface area contributed by atoms with E-state index in [-0.39, 0.29) is 34.7 Å². The van der Waals surface area contributed by atoms with Crippen LogP contribution in [-0.2, 0) is 26.0 Å². The van der Waals surface area contributed by atoms with E-state index >= 15 is 0 Å².